The maximum atomic E-state index is 2.50. The van der Waals surface area contributed by atoms with Gasteiger partial charge in [-0.1, -0.05) is 219 Å². The topological polar surface area (TPSA) is 0 Å². The normalized spacial score (nSPS) is 12.2. The van der Waals surface area contributed by atoms with Gasteiger partial charge in [0.15, 0.2) is 0 Å². The Morgan fingerprint density at radius 1 is 0.238 bits per heavy atom. The van der Waals surface area contributed by atoms with E-state index in [0.29, 0.717) is 0 Å². The predicted octanol–water partition coefficient (Wildman–Crippen LogP) is 18.5. The van der Waals surface area contributed by atoms with Crippen molar-refractivity contribution >= 4 is 64.6 Å². The number of benzene rings is 11. The molecule has 0 aliphatic carbocycles. The van der Waals surface area contributed by atoms with Gasteiger partial charge < -0.3 is 0 Å². The fraction of sp³-hybridized carbons (Fsp3) is 0.143. The van der Waals surface area contributed by atoms with Gasteiger partial charge in [0, 0.05) is 0 Å². The number of hydrogen-bond donors (Lipinski definition) is 0. The highest BCUT2D eigenvalue weighted by molar-refractivity contribution is 6.25. The molecular weight excluding hydrogens is 757 g/mol. The minimum atomic E-state index is 0. The summed E-state index contributed by atoms with van der Waals surface area (Å²) >= 11 is 0. The van der Waals surface area contributed by atoms with Crippen molar-refractivity contribution in [3.8, 4) is 44.5 Å². The molecule has 0 amide bonds. The second-order valence-electron chi connectivity index (χ2n) is 19.3. The van der Waals surface area contributed by atoms with Crippen LogP contribution in [0.2, 0.25) is 0 Å². The van der Waals surface area contributed by atoms with Gasteiger partial charge in [0.05, 0.1) is 0 Å². The molecular formula is C63H54. The van der Waals surface area contributed by atoms with Gasteiger partial charge in [-0.05, 0) is 155 Å². The van der Waals surface area contributed by atoms with Gasteiger partial charge in [0.2, 0.25) is 0 Å². The molecule has 0 radical (unpaired) electrons. The van der Waals surface area contributed by atoms with Crippen LogP contribution in [0, 0.1) is 0 Å². The van der Waals surface area contributed by atoms with Crippen LogP contribution in [0.5, 0.6) is 0 Å². The molecule has 0 aliphatic rings. The molecule has 306 valence electrons. The zero-order valence-electron chi connectivity index (χ0n) is 36.5. The summed E-state index contributed by atoms with van der Waals surface area (Å²) in [4.78, 5) is 0. The van der Waals surface area contributed by atoms with E-state index in [-0.39, 0.29) is 18.3 Å². The molecule has 0 fully saturated rings. The van der Waals surface area contributed by atoms with E-state index in [0.717, 1.165) is 0 Å². The van der Waals surface area contributed by atoms with Gasteiger partial charge >= 0.3 is 0 Å². The first-order valence-electron chi connectivity index (χ1n) is 22.1. The zero-order valence-corrected chi connectivity index (χ0v) is 36.5. The van der Waals surface area contributed by atoms with Crippen molar-refractivity contribution in [2.45, 2.75) is 59.8 Å². The van der Waals surface area contributed by atoms with E-state index in [2.05, 4.69) is 236 Å². The molecule has 11 rings (SSSR count). The highest BCUT2D eigenvalue weighted by Gasteiger charge is 2.23. The van der Waals surface area contributed by atoms with Crippen LogP contribution in [-0.4, -0.2) is 0 Å². The largest absolute Gasteiger partial charge is 0.0776 e. The molecule has 0 saturated carbocycles. The molecule has 0 heterocycles. The van der Waals surface area contributed by atoms with Crippen LogP contribution in [0.25, 0.3) is 109 Å². The Kier molecular flexibility index (Phi) is 9.61. The smallest absolute Gasteiger partial charge is 0.00203 e. The molecule has 0 unspecified atom stereocenters. The Bertz CT molecular complexity index is 3200. The summed E-state index contributed by atoms with van der Waals surface area (Å²) in [6, 6.07) is 73.5. The Labute approximate surface area is 372 Å². The molecule has 0 heteroatoms. The Morgan fingerprint density at radius 3 is 0.825 bits per heavy atom. The molecule has 0 atom stereocenters. The predicted molar refractivity (Wildman–Crippen MR) is 277 cm³/mol. The minimum Gasteiger partial charge on any atom is -0.0776 e. The van der Waals surface area contributed by atoms with E-state index in [1.54, 1.807) is 0 Å². The van der Waals surface area contributed by atoms with E-state index in [1.807, 2.05) is 0 Å². The lowest BCUT2D eigenvalue weighted by Crippen LogP contribution is -2.10. The molecule has 0 N–H and O–H groups in total. The van der Waals surface area contributed by atoms with E-state index in [1.165, 1.54) is 120 Å². The van der Waals surface area contributed by atoms with Crippen molar-refractivity contribution in [2.75, 3.05) is 0 Å². The minimum absolute atomic E-state index is 0. The van der Waals surface area contributed by atoms with Crippen LogP contribution in [0.4, 0.5) is 0 Å². The lowest BCUT2D eigenvalue weighted by molar-refractivity contribution is 0.590. The first-order valence-corrected chi connectivity index (χ1v) is 22.1. The van der Waals surface area contributed by atoms with Crippen molar-refractivity contribution in [3.05, 3.63) is 205 Å². The summed E-state index contributed by atoms with van der Waals surface area (Å²) in [7, 11) is 0. The van der Waals surface area contributed by atoms with Crippen LogP contribution in [-0.2, 0) is 10.8 Å². The third-order valence-corrected chi connectivity index (χ3v) is 13.3. The first kappa shape index (κ1) is 40.1. The second kappa shape index (κ2) is 15.1. The molecule has 0 nitrogen and oxygen atoms in total. The second-order valence-corrected chi connectivity index (χ2v) is 19.3. The molecule has 0 spiro atoms. The van der Waals surface area contributed by atoms with Crippen molar-refractivity contribution in [3.63, 3.8) is 0 Å². The quantitative estimate of drug-likeness (QED) is 0.123. The summed E-state index contributed by atoms with van der Waals surface area (Å²) in [6.45, 7) is 13.8. The fourth-order valence-electron chi connectivity index (χ4n) is 10.1. The van der Waals surface area contributed by atoms with E-state index >= 15 is 0 Å². The van der Waals surface area contributed by atoms with Gasteiger partial charge in [-0.25, -0.2) is 0 Å². The summed E-state index contributed by atoms with van der Waals surface area (Å²) in [5, 5.41) is 15.1. The standard InChI is InChI=1S/C62H50.CH4/c1-61(2,3)47-29-23-39(24-30-47)59-53-33-27-45(57-49-19-11-7-15-41(49)35-42-16-8-12-20-50(42)57)37-55(53)56-38-46(28-34-54(56)60(59)40-25-31-48(32-26-40)62(4,5)6)58-51-21-13-9-17-43(51)36-44-18-10-14-22-52(44)58;/h7-38H,1-6H3;1H4. The average molecular weight is 811 g/mol. The Morgan fingerprint density at radius 2 is 0.524 bits per heavy atom. The van der Waals surface area contributed by atoms with Crippen LogP contribution >= 0.6 is 0 Å². The van der Waals surface area contributed by atoms with Gasteiger partial charge in [0.1, 0.15) is 0 Å². The molecule has 11 aromatic carbocycles. The van der Waals surface area contributed by atoms with Crippen LogP contribution in [0.15, 0.2) is 194 Å². The summed E-state index contributed by atoms with van der Waals surface area (Å²) in [5.74, 6) is 0. The number of rotatable bonds is 4. The highest BCUT2D eigenvalue weighted by atomic mass is 14.3. The lowest BCUT2D eigenvalue weighted by atomic mass is 9.80. The monoisotopic (exact) mass is 810 g/mol. The number of fused-ring (bicyclic) bond motifs is 7. The molecule has 0 saturated heterocycles. The Hall–Kier alpha value is -7.02. The van der Waals surface area contributed by atoms with Crippen molar-refractivity contribution in [1.82, 2.24) is 0 Å². The van der Waals surface area contributed by atoms with Crippen molar-refractivity contribution < 1.29 is 0 Å². The molecule has 0 bridgehead atoms. The zero-order chi connectivity index (χ0) is 42.3. The fourth-order valence-corrected chi connectivity index (χ4v) is 10.1. The summed E-state index contributed by atoms with van der Waals surface area (Å²) < 4.78 is 0. The molecule has 11 aromatic rings. The molecule has 0 aliphatic heterocycles. The average Bonchev–Trinajstić information content (AvgIpc) is 3.28. The lowest BCUT2D eigenvalue weighted by Gasteiger charge is -2.23. The van der Waals surface area contributed by atoms with Crippen LogP contribution in [0.3, 0.4) is 0 Å². The summed E-state index contributed by atoms with van der Waals surface area (Å²) in [5.41, 5.74) is 12.8. The maximum absolute atomic E-state index is 2.50. The van der Waals surface area contributed by atoms with E-state index in [4.69, 9.17) is 0 Å². The van der Waals surface area contributed by atoms with Crippen LogP contribution in [0.1, 0.15) is 60.1 Å². The first-order chi connectivity index (χ1) is 30.0. The van der Waals surface area contributed by atoms with E-state index < -0.39 is 0 Å². The third-order valence-electron chi connectivity index (χ3n) is 13.3. The highest BCUT2D eigenvalue weighted by Crippen LogP contribution is 2.49. The van der Waals surface area contributed by atoms with E-state index in [9.17, 15) is 0 Å². The van der Waals surface area contributed by atoms with Gasteiger partial charge in [-0.15, -0.1) is 0 Å². The SMILES string of the molecule is C.CC(C)(C)c1ccc(-c2c(-c3ccc(C(C)(C)C)cc3)c3ccc(-c4c5ccccc5cc5ccccc45)cc3c3cc(-c4c5ccccc5cc5ccccc45)ccc23)cc1. The Balaban J connectivity index is 0.00000471. The third kappa shape index (κ3) is 6.77. The van der Waals surface area contributed by atoms with Crippen LogP contribution < -0.4 is 0 Å². The van der Waals surface area contributed by atoms with Crippen molar-refractivity contribution in [2.24, 2.45) is 0 Å². The number of hydrogen-bond acceptors (Lipinski definition) is 0. The summed E-state index contributed by atoms with van der Waals surface area (Å²) in [6.07, 6.45) is 0. The molecule has 63 heavy (non-hydrogen) atoms. The maximum Gasteiger partial charge on any atom is -0.00203 e. The van der Waals surface area contributed by atoms with Gasteiger partial charge in [-0.2, -0.15) is 0 Å². The van der Waals surface area contributed by atoms with Gasteiger partial charge in [0.25, 0.3) is 0 Å². The van der Waals surface area contributed by atoms with Gasteiger partial charge in [-0.3, -0.25) is 0 Å². The molecule has 0 aromatic heterocycles. The van der Waals surface area contributed by atoms with Crippen molar-refractivity contribution in [1.29, 1.82) is 0 Å².